The fourth-order valence-corrected chi connectivity index (χ4v) is 6.78. The van der Waals surface area contributed by atoms with Gasteiger partial charge in [0, 0.05) is 19.3 Å². The predicted octanol–water partition coefficient (Wildman–Crippen LogP) is 11.3. The van der Waals surface area contributed by atoms with E-state index in [0.717, 1.165) is 51.4 Å². The normalized spacial score (nSPS) is 13.2. The van der Waals surface area contributed by atoms with E-state index in [9.17, 15) is 19.5 Å². The van der Waals surface area contributed by atoms with E-state index >= 15 is 0 Å². The van der Waals surface area contributed by atoms with Gasteiger partial charge in [-0.2, -0.15) is 0 Å². The number of esters is 2. The molecule has 2 unspecified atom stereocenters. The highest BCUT2D eigenvalue weighted by atomic mass is 16.6. The minimum atomic E-state index is -1.13. The van der Waals surface area contributed by atoms with Crippen molar-refractivity contribution in [1.29, 1.82) is 0 Å². The molecule has 0 bridgehead atoms. The van der Waals surface area contributed by atoms with Crippen molar-refractivity contribution in [3.63, 3.8) is 0 Å². The highest BCUT2D eigenvalue weighted by Gasteiger charge is 2.25. The summed E-state index contributed by atoms with van der Waals surface area (Å²) in [6, 6.07) is -0.726. The first-order valence-corrected chi connectivity index (χ1v) is 23.0. The van der Waals surface area contributed by atoms with Gasteiger partial charge in [-0.15, -0.1) is 0 Å². The Kier molecular flexibility index (Phi) is 37.7. The second-order valence-corrected chi connectivity index (χ2v) is 16.7. The van der Waals surface area contributed by atoms with Crippen LogP contribution in [-0.4, -0.2) is 75.5 Å². The van der Waals surface area contributed by atoms with Crippen molar-refractivity contribution in [2.75, 3.05) is 41.0 Å². The summed E-state index contributed by atoms with van der Waals surface area (Å²) in [6.45, 7) is 4.54. The van der Waals surface area contributed by atoms with Gasteiger partial charge in [0.05, 0.1) is 40.3 Å². The van der Waals surface area contributed by atoms with Crippen molar-refractivity contribution >= 4 is 17.9 Å². The topological polar surface area (TPSA) is 102 Å². The summed E-state index contributed by atoms with van der Waals surface area (Å²) in [5, 5.41) is 11.6. The number of quaternary nitrogens is 1. The Balaban J connectivity index is 4.30. The average Bonchev–Trinajstić information content (AvgIpc) is 3.15. The lowest BCUT2D eigenvalue weighted by Gasteiger charge is -2.34. The van der Waals surface area contributed by atoms with E-state index in [4.69, 9.17) is 14.2 Å². The van der Waals surface area contributed by atoms with Gasteiger partial charge in [0.25, 0.3) is 0 Å². The third kappa shape index (κ3) is 37.1. The predicted molar refractivity (Wildman–Crippen MR) is 231 cm³/mol. The molecule has 0 aromatic heterocycles. The van der Waals surface area contributed by atoms with E-state index in [2.05, 4.69) is 50.3 Å². The molecule has 8 heteroatoms. The van der Waals surface area contributed by atoms with E-state index in [-0.39, 0.29) is 42.7 Å². The van der Waals surface area contributed by atoms with Crippen LogP contribution in [-0.2, 0) is 28.6 Å². The Morgan fingerprint density at radius 2 is 1.00 bits per heavy atom. The standard InChI is InChI=1S/C48H87NO7/c1-6-8-10-12-14-16-18-20-22-23-25-27-29-31-33-35-37-39-47(51)56-44(42-54-41-40-45(48(52)53)49(3,4)5)43-55-46(50)38-36-34-32-30-28-26-24-21-19-17-15-13-11-9-7-2/h9,11,13,15,17,19,44-45H,6-8,10,12,14,16,18,20-43H2,1-5H3/b11-9+,15-13+,19-17+. The number of hydrogen-bond acceptors (Lipinski definition) is 7. The van der Waals surface area contributed by atoms with Gasteiger partial charge in [-0.1, -0.05) is 185 Å². The molecule has 0 saturated carbocycles. The van der Waals surface area contributed by atoms with Crippen molar-refractivity contribution in [2.24, 2.45) is 0 Å². The molecule has 0 aromatic carbocycles. The summed E-state index contributed by atoms with van der Waals surface area (Å²) in [5.41, 5.74) is 0. The summed E-state index contributed by atoms with van der Waals surface area (Å²) in [4.78, 5) is 36.9. The minimum absolute atomic E-state index is 0.0395. The number of carboxylic acids is 1. The molecule has 0 heterocycles. The monoisotopic (exact) mass is 790 g/mol. The van der Waals surface area contributed by atoms with Gasteiger partial charge in [-0.25, -0.2) is 0 Å². The molecule has 0 rings (SSSR count). The van der Waals surface area contributed by atoms with Crippen molar-refractivity contribution in [1.82, 2.24) is 0 Å². The van der Waals surface area contributed by atoms with Crippen LogP contribution in [0.1, 0.15) is 200 Å². The lowest BCUT2D eigenvalue weighted by Crippen LogP contribution is -2.55. The van der Waals surface area contributed by atoms with Crippen LogP contribution in [0.2, 0.25) is 0 Å². The zero-order valence-corrected chi connectivity index (χ0v) is 37.1. The number of allylic oxidation sites excluding steroid dienone is 6. The summed E-state index contributed by atoms with van der Waals surface area (Å²) >= 11 is 0. The molecule has 0 aliphatic heterocycles. The van der Waals surface area contributed by atoms with Crippen LogP contribution in [0, 0.1) is 0 Å². The maximum Gasteiger partial charge on any atom is 0.306 e. The van der Waals surface area contributed by atoms with Crippen LogP contribution in [0.3, 0.4) is 0 Å². The first kappa shape index (κ1) is 53.6. The highest BCUT2D eigenvalue weighted by molar-refractivity contribution is 5.70. The van der Waals surface area contributed by atoms with Gasteiger partial charge >= 0.3 is 11.9 Å². The number of hydrogen-bond donors (Lipinski definition) is 0. The first-order chi connectivity index (χ1) is 27.1. The maximum atomic E-state index is 12.7. The molecule has 0 spiro atoms. The third-order valence-corrected chi connectivity index (χ3v) is 10.4. The number of carboxylic acid groups (broad SMARTS) is 1. The molecule has 0 fully saturated rings. The Morgan fingerprint density at radius 3 is 1.46 bits per heavy atom. The number of nitrogens with zero attached hydrogens (tertiary/aromatic N) is 1. The molecule has 0 N–H and O–H groups in total. The van der Waals surface area contributed by atoms with E-state index in [0.29, 0.717) is 12.8 Å². The van der Waals surface area contributed by atoms with Crippen LogP contribution >= 0.6 is 0 Å². The zero-order valence-electron chi connectivity index (χ0n) is 37.1. The molecule has 0 saturated heterocycles. The fraction of sp³-hybridized carbons (Fsp3) is 0.812. The Labute approximate surface area is 344 Å². The maximum absolute atomic E-state index is 12.7. The van der Waals surface area contributed by atoms with Gasteiger partial charge in [-0.3, -0.25) is 9.59 Å². The highest BCUT2D eigenvalue weighted by Crippen LogP contribution is 2.16. The van der Waals surface area contributed by atoms with Crippen LogP contribution < -0.4 is 5.11 Å². The summed E-state index contributed by atoms with van der Waals surface area (Å²) in [5.74, 6) is -1.74. The fourth-order valence-electron chi connectivity index (χ4n) is 6.78. The van der Waals surface area contributed by atoms with E-state index < -0.39 is 18.1 Å². The van der Waals surface area contributed by atoms with Crippen LogP contribution in [0.4, 0.5) is 0 Å². The number of aliphatic carboxylic acids is 1. The average molecular weight is 790 g/mol. The van der Waals surface area contributed by atoms with Crippen LogP contribution in [0.5, 0.6) is 0 Å². The van der Waals surface area contributed by atoms with Crippen LogP contribution in [0.25, 0.3) is 0 Å². The molecular weight excluding hydrogens is 703 g/mol. The van der Waals surface area contributed by atoms with Crippen LogP contribution in [0.15, 0.2) is 36.5 Å². The molecule has 2 atom stereocenters. The Morgan fingerprint density at radius 1 is 0.554 bits per heavy atom. The Hall–Kier alpha value is -2.45. The molecular formula is C48H87NO7. The summed E-state index contributed by atoms with van der Waals surface area (Å²) in [6.07, 6.45) is 44.5. The van der Waals surface area contributed by atoms with Gasteiger partial charge < -0.3 is 28.6 Å². The lowest BCUT2D eigenvalue weighted by molar-refractivity contribution is -0.889. The molecule has 0 amide bonds. The van der Waals surface area contributed by atoms with E-state index in [1.54, 1.807) is 21.1 Å². The van der Waals surface area contributed by atoms with Gasteiger partial charge in [0.15, 0.2) is 6.10 Å². The van der Waals surface area contributed by atoms with Crippen molar-refractivity contribution in [3.8, 4) is 0 Å². The number of unbranched alkanes of at least 4 members (excludes halogenated alkanes) is 23. The lowest BCUT2D eigenvalue weighted by atomic mass is 10.0. The molecule has 326 valence electrons. The second-order valence-electron chi connectivity index (χ2n) is 16.7. The summed E-state index contributed by atoms with van der Waals surface area (Å²) < 4.78 is 17.2. The largest absolute Gasteiger partial charge is 0.544 e. The number of likely N-dealkylation sites (N-methyl/N-ethyl adjacent to an activating group) is 1. The number of rotatable bonds is 41. The molecule has 0 radical (unpaired) electrons. The SMILES string of the molecule is CC/C=C/C=C/C=C/CCCCCCCCCC(=O)OCC(COCCC(C(=O)[O-])[N+](C)(C)C)OC(=O)CCCCCCCCCCCCCCCCCCC. The molecule has 0 aliphatic rings. The van der Waals surface area contributed by atoms with E-state index in [1.807, 2.05) is 0 Å². The van der Waals surface area contributed by atoms with Gasteiger partial charge in [-0.05, 0) is 32.1 Å². The van der Waals surface area contributed by atoms with Gasteiger partial charge in [0.1, 0.15) is 12.6 Å². The second kappa shape index (κ2) is 39.4. The Bertz CT molecular complexity index is 1020. The number of ether oxygens (including phenoxy) is 3. The summed E-state index contributed by atoms with van der Waals surface area (Å²) in [7, 11) is 5.41. The molecule has 0 aliphatic carbocycles. The first-order valence-electron chi connectivity index (χ1n) is 23.0. The van der Waals surface area contributed by atoms with Crippen molar-refractivity contribution in [2.45, 2.75) is 212 Å². The zero-order chi connectivity index (χ0) is 41.4. The van der Waals surface area contributed by atoms with E-state index in [1.165, 1.54) is 116 Å². The minimum Gasteiger partial charge on any atom is -0.544 e. The number of carbonyl (C=O) groups is 3. The quantitative estimate of drug-likeness (QED) is 0.0263. The van der Waals surface area contributed by atoms with Gasteiger partial charge in [0.2, 0.25) is 0 Å². The molecule has 56 heavy (non-hydrogen) atoms. The molecule has 8 nitrogen and oxygen atoms in total. The molecule has 0 aromatic rings. The van der Waals surface area contributed by atoms with Crippen molar-refractivity contribution in [3.05, 3.63) is 36.5 Å². The van der Waals surface area contributed by atoms with Crippen molar-refractivity contribution < 1.29 is 38.2 Å². The smallest absolute Gasteiger partial charge is 0.306 e. The number of carbonyl (C=O) groups excluding carboxylic acids is 3. The third-order valence-electron chi connectivity index (χ3n) is 10.4.